The Morgan fingerprint density at radius 2 is 1.95 bits per heavy atom. The molecule has 0 radical (unpaired) electrons. The van der Waals surface area contributed by atoms with Crippen molar-refractivity contribution in [1.29, 1.82) is 5.26 Å². The van der Waals surface area contributed by atoms with Crippen molar-refractivity contribution in [2.24, 2.45) is 11.8 Å². The number of nitriles is 1. The number of carbonyl (C=O) groups is 2. The summed E-state index contributed by atoms with van der Waals surface area (Å²) in [7, 11) is 0. The van der Waals surface area contributed by atoms with Crippen molar-refractivity contribution < 1.29 is 18.7 Å². The number of nitrogens with zero attached hydrogens (tertiary/aromatic N) is 5. The number of hydrogen-bond acceptors (Lipinski definition) is 7. The maximum Gasteiger partial charge on any atom is 0.317 e. The maximum absolute atomic E-state index is 15.3. The van der Waals surface area contributed by atoms with E-state index in [1.807, 2.05) is 13.0 Å². The summed E-state index contributed by atoms with van der Waals surface area (Å²) in [6.45, 7) is 1.90. The minimum absolute atomic E-state index is 0.0775. The van der Waals surface area contributed by atoms with Gasteiger partial charge in [0, 0.05) is 30.8 Å². The van der Waals surface area contributed by atoms with E-state index < -0.39 is 22.9 Å². The number of ketones is 1. The van der Waals surface area contributed by atoms with E-state index in [0.717, 1.165) is 49.7 Å². The van der Waals surface area contributed by atoms with Crippen LogP contribution >= 0.6 is 0 Å². The minimum atomic E-state index is -0.946. The average Bonchev–Trinajstić information content (AvgIpc) is 3.71. The Kier molecular flexibility index (Phi) is 6.89. The van der Waals surface area contributed by atoms with Gasteiger partial charge in [0.1, 0.15) is 17.3 Å². The number of aromatic nitrogens is 4. The molecular weight excluding hydrogens is 509 g/mol. The lowest BCUT2D eigenvalue weighted by Crippen LogP contribution is -2.52. The number of hydrogen-bond donors (Lipinski definition) is 0. The van der Waals surface area contributed by atoms with Crippen LogP contribution < -0.4 is 0 Å². The summed E-state index contributed by atoms with van der Waals surface area (Å²) in [6, 6.07) is 7.54. The Balaban J connectivity index is 1.20. The second kappa shape index (κ2) is 10.4. The number of rotatable bonds is 7. The van der Waals surface area contributed by atoms with Crippen molar-refractivity contribution in [3.63, 3.8) is 0 Å². The Bertz CT molecular complexity index is 1480. The zero-order chi connectivity index (χ0) is 27.9. The molecule has 2 saturated carbocycles. The van der Waals surface area contributed by atoms with Crippen LogP contribution in [0.2, 0.25) is 0 Å². The summed E-state index contributed by atoms with van der Waals surface area (Å²) in [5, 5.41) is 14.2. The third-order valence-electron chi connectivity index (χ3n) is 9.36. The molecule has 2 aromatic heterocycles. The van der Waals surface area contributed by atoms with Crippen LogP contribution in [0.4, 0.5) is 4.39 Å². The highest BCUT2D eigenvalue weighted by atomic mass is 19.1. The standard InChI is InChI=1S/C31H34FN5O3/c1-20-17-34-29-35-27(36-37(29)18-20)15-23-26(38)16-31(40-28(23)39,22-6-2-3-7-22)13-10-21-8-9-24(25(32)14-21)30(19-33)11-4-5-12-30/h8-9,14,17-18,22-23H,2-7,10-13,15-16H2,1H3. The van der Waals surface area contributed by atoms with Gasteiger partial charge in [-0.25, -0.2) is 13.9 Å². The lowest BCUT2D eigenvalue weighted by Gasteiger charge is -2.43. The maximum atomic E-state index is 15.3. The van der Waals surface area contributed by atoms with Crippen molar-refractivity contribution in [2.45, 2.75) is 95.0 Å². The molecule has 0 bridgehead atoms. The minimum Gasteiger partial charge on any atom is -0.458 e. The van der Waals surface area contributed by atoms with Gasteiger partial charge >= 0.3 is 5.97 Å². The van der Waals surface area contributed by atoms with E-state index >= 15 is 4.39 Å². The van der Waals surface area contributed by atoms with Crippen LogP contribution in [0.5, 0.6) is 0 Å². The molecule has 1 aliphatic heterocycles. The van der Waals surface area contributed by atoms with Crippen LogP contribution in [0.25, 0.3) is 5.78 Å². The van der Waals surface area contributed by atoms with Crippen LogP contribution in [-0.2, 0) is 32.6 Å². The predicted molar refractivity (Wildman–Crippen MR) is 144 cm³/mol. The van der Waals surface area contributed by atoms with Crippen LogP contribution in [0.15, 0.2) is 30.6 Å². The van der Waals surface area contributed by atoms with Crippen LogP contribution in [0.3, 0.4) is 0 Å². The first kappa shape index (κ1) is 26.5. The molecule has 1 saturated heterocycles. The molecule has 3 fully saturated rings. The molecule has 40 heavy (non-hydrogen) atoms. The Morgan fingerprint density at radius 1 is 1.18 bits per heavy atom. The molecule has 0 amide bonds. The number of fused-ring (bicyclic) bond motifs is 1. The quantitative estimate of drug-likeness (QED) is 0.300. The fraction of sp³-hybridized carbons (Fsp3) is 0.548. The van der Waals surface area contributed by atoms with E-state index in [1.54, 1.807) is 23.0 Å². The molecular formula is C31H34FN5O3. The SMILES string of the molecule is Cc1cnc2nc(CC3C(=O)CC(CCc4ccc(C5(C#N)CCCC5)c(F)c4)(C4CCCC4)OC3=O)nn2c1. The first-order valence-corrected chi connectivity index (χ1v) is 14.4. The highest BCUT2D eigenvalue weighted by molar-refractivity contribution is 6.01. The summed E-state index contributed by atoms with van der Waals surface area (Å²) in [5.74, 6) is -1.06. The van der Waals surface area contributed by atoms with E-state index in [2.05, 4.69) is 21.1 Å². The molecule has 3 aromatic rings. The highest BCUT2D eigenvalue weighted by Gasteiger charge is 2.51. The molecule has 2 aliphatic carbocycles. The zero-order valence-electron chi connectivity index (χ0n) is 22.9. The number of cyclic esters (lactones) is 1. The summed E-state index contributed by atoms with van der Waals surface area (Å²) in [6.07, 6.45) is 11.8. The molecule has 0 N–H and O–H groups in total. The second-order valence-corrected chi connectivity index (χ2v) is 12.0. The Hall–Kier alpha value is -3.67. The lowest BCUT2D eigenvalue weighted by atomic mass is 9.73. The monoisotopic (exact) mass is 543 g/mol. The topological polar surface area (TPSA) is 110 Å². The molecule has 3 heterocycles. The van der Waals surface area contributed by atoms with E-state index in [9.17, 15) is 14.9 Å². The largest absolute Gasteiger partial charge is 0.458 e. The van der Waals surface area contributed by atoms with E-state index in [1.165, 1.54) is 6.07 Å². The molecule has 2 atom stereocenters. The third-order valence-corrected chi connectivity index (χ3v) is 9.36. The van der Waals surface area contributed by atoms with E-state index in [-0.39, 0.29) is 30.4 Å². The molecule has 8 nitrogen and oxygen atoms in total. The Morgan fingerprint density at radius 3 is 2.65 bits per heavy atom. The van der Waals surface area contributed by atoms with Crippen LogP contribution in [-0.4, -0.2) is 36.9 Å². The molecule has 9 heteroatoms. The van der Waals surface area contributed by atoms with Crippen LogP contribution in [0, 0.1) is 35.9 Å². The van der Waals surface area contributed by atoms with Gasteiger partial charge in [-0.15, -0.1) is 5.10 Å². The number of ether oxygens (including phenoxy) is 1. The smallest absolute Gasteiger partial charge is 0.317 e. The number of aryl methyl sites for hydroxylation is 2. The molecule has 208 valence electrons. The first-order chi connectivity index (χ1) is 19.3. The number of Topliss-reactive ketones (excluding diaryl/α,β-unsaturated/α-hetero) is 1. The van der Waals surface area contributed by atoms with Gasteiger partial charge < -0.3 is 4.74 Å². The molecule has 1 aromatic carbocycles. The molecule has 0 spiro atoms. The fourth-order valence-electron chi connectivity index (χ4n) is 7.14. The highest BCUT2D eigenvalue weighted by Crippen LogP contribution is 2.46. The van der Waals surface area contributed by atoms with Gasteiger partial charge in [0.05, 0.1) is 11.5 Å². The number of esters is 1. The summed E-state index contributed by atoms with van der Waals surface area (Å²) < 4.78 is 23.0. The van der Waals surface area contributed by atoms with E-state index in [0.29, 0.717) is 42.8 Å². The van der Waals surface area contributed by atoms with Crippen molar-refractivity contribution >= 4 is 17.5 Å². The van der Waals surface area contributed by atoms with Gasteiger partial charge in [-0.2, -0.15) is 10.2 Å². The molecule has 2 unspecified atom stereocenters. The van der Waals surface area contributed by atoms with Gasteiger partial charge in [0.2, 0.25) is 0 Å². The second-order valence-electron chi connectivity index (χ2n) is 12.0. The number of halogens is 1. The summed E-state index contributed by atoms with van der Waals surface area (Å²) in [5.41, 5.74) is 0.567. The Labute approximate surface area is 233 Å². The van der Waals surface area contributed by atoms with Crippen molar-refractivity contribution in [1.82, 2.24) is 19.6 Å². The summed E-state index contributed by atoms with van der Waals surface area (Å²) >= 11 is 0. The van der Waals surface area contributed by atoms with Gasteiger partial charge in [-0.3, -0.25) is 9.59 Å². The van der Waals surface area contributed by atoms with Gasteiger partial charge in [-0.1, -0.05) is 37.8 Å². The van der Waals surface area contributed by atoms with Gasteiger partial charge in [0.15, 0.2) is 11.6 Å². The van der Waals surface area contributed by atoms with Gasteiger partial charge in [0.25, 0.3) is 5.78 Å². The lowest BCUT2D eigenvalue weighted by molar-refractivity contribution is -0.185. The van der Waals surface area contributed by atoms with Gasteiger partial charge in [-0.05, 0) is 68.6 Å². The van der Waals surface area contributed by atoms with Crippen molar-refractivity contribution in [2.75, 3.05) is 0 Å². The molecule has 3 aliphatic rings. The van der Waals surface area contributed by atoms with E-state index in [4.69, 9.17) is 4.74 Å². The third kappa shape index (κ3) is 4.78. The predicted octanol–water partition coefficient (Wildman–Crippen LogP) is 5.14. The van der Waals surface area contributed by atoms with Crippen LogP contribution in [0.1, 0.15) is 86.7 Å². The number of benzene rings is 1. The average molecular weight is 544 g/mol. The summed E-state index contributed by atoms with van der Waals surface area (Å²) in [4.78, 5) is 35.5. The zero-order valence-corrected chi connectivity index (χ0v) is 22.9. The first-order valence-electron chi connectivity index (χ1n) is 14.4. The van der Waals surface area contributed by atoms with Crippen molar-refractivity contribution in [3.05, 3.63) is 58.9 Å². The molecule has 6 rings (SSSR count). The number of carbonyl (C=O) groups excluding carboxylic acids is 2. The normalized spacial score (nSPS) is 24.9. The fourth-order valence-corrected chi connectivity index (χ4v) is 7.14. The van der Waals surface area contributed by atoms with Crippen molar-refractivity contribution in [3.8, 4) is 6.07 Å².